The van der Waals surface area contributed by atoms with Gasteiger partial charge in [0.15, 0.2) is 0 Å². The lowest BCUT2D eigenvalue weighted by atomic mass is 11.0. The SMILES string of the molecule is C1CC1.C1CC1.C1CC1.C1CC1.C1CC1. The normalized spacial score (nSPS) is 24.0. The van der Waals surface area contributed by atoms with Crippen LogP contribution in [0.25, 0.3) is 0 Å². The molecule has 5 saturated carbocycles. The van der Waals surface area contributed by atoms with E-state index in [1.807, 2.05) is 0 Å². The fraction of sp³-hybridized carbons (Fsp3) is 1.00. The molecule has 0 unspecified atom stereocenters. The molecule has 0 heterocycles. The molecular formula is C15H30. The Bertz CT molecular complexity index is 58.6. The van der Waals surface area contributed by atoms with E-state index < -0.39 is 0 Å². The lowest BCUT2D eigenvalue weighted by molar-refractivity contribution is 1.50. The molecule has 0 atom stereocenters. The van der Waals surface area contributed by atoms with Crippen LogP contribution in [0.1, 0.15) is 96.3 Å². The molecule has 0 heteroatoms. The highest BCUT2D eigenvalue weighted by Crippen LogP contribution is 2.16. The maximum Gasteiger partial charge on any atom is -0.0533 e. The molecule has 0 bridgehead atoms. The summed E-state index contributed by atoms with van der Waals surface area (Å²) in [6, 6.07) is 0. The molecule has 5 aliphatic rings. The van der Waals surface area contributed by atoms with Crippen LogP contribution in [-0.2, 0) is 0 Å². The summed E-state index contributed by atoms with van der Waals surface area (Å²) in [5.41, 5.74) is 0. The van der Waals surface area contributed by atoms with Gasteiger partial charge in [-0.15, -0.1) is 0 Å². The van der Waals surface area contributed by atoms with E-state index in [4.69, 9.17) is 0 Å². The van der Waals surface area contributed by atoms with Crippen molar-refractivity contribution < 1.29 is 0 Å². The Balaban J connectivity index is 0.0000000937. The molecule has 0 saturated heterocycles. The minimum Gasteiger partial charge on any atom is -0.0533 e. The van der Waals surface area contributed by atoms with Gasteiger partial charge in [0.2, 0.25) is 0 Å². The molecule has 0 nitrogen and oxygen atoms in total. The number of rotatable bonds is 0. The van der Waals surface area contributed by atoms with Crippen LogP contribution in [0.4, 0.5) is 0 Å². The largest absolute Gasteiger partial charge is 0.0533 e. The highest BCUT2D eigenvalue weighted by molar-refractivity contribution is 4.51. The van der Waals surface area contributed by atoms with Gasteiger partial charge in [0.1, 0.15) is 0 Å². The van der Waals surface area contributed by atoms with Crippen LogP contribution < -0.4 is 0 Å². The molecule has 0 aromatic rings. The lowest BCUT2D eigenvalue weighted by Gasteiger charge is -1.05. The minimum absolute atomic E-state index is 1.50. The van der Waals surface area contributed by atoms with Crippen LogP contribution in [0.2, 0.25) is 0 Å². The topological polar surface area (TPSA) is 0 Å². The van der Waals surface area contributed by atoms with Gasteiger partial charge in [-0.3, -0.25) is 0 Å². The van der Waals surface area contributed by atoms with E-state index in [1.165, 1.54) is 96.3 Å². The van der Waals surface area contributed by atoms with E-state index in [-0.39, 0.29) is 0 Å². The van der Waals surface area contributed by atoms with Crippen molar-refractivity contribution in [2.24, 2.45) is 0 Å². The van der Waals surface area contributed by atoms with Crippen molar-refractivity contribution in [3.8, 4) is 0 Å². The number of hydrogen-bond donors (Lipinski definition) is 0. The van der Waals surface area contributed by atoms with Gasteiger partial charge in [0, 0.05) is 0 Å². The van der Waals surface area contributed by atoms with E-state index in [1.54, 1.807) is 0 Å². The van der Waals surface area contributed by atoms with Gasteiger partial charge in [-0.25, -0.2) is 0 Å². The van der Waals surface area contributed by atoms with E-state index >= 15 is 0 Å². The molecule has 0 aliphatic heterocycles. The molecule has 15 heavy (non-hydrogen) atoms. The standard InChI is InChI=1S/5C3H6/c5*1-2-3-1/h5*1-3H2. The third-order valence-corrected chi connectivity index (χ3v) is 1.77. The van der Waals surface area contributed by atoms with E-state index in [9.17, 15) is 0 Å². The monoisotopic (exact) mass is 210 g/mol. The zero-order valence-electron chi connectivity index (χ0n) is 10.6. The Morgan fingerprint density at radius 2 is 0.200 bits per heavy atom. The summed E-state index contributed by atoms with van der Waals surface area (Å²) in [6.45, 7) is 0. The average Bonchev–Trinajstić information content (AvgIpc) is 3.10. The van der Waals surface area contributed by atoms with Crippen LogP contribution in [0.5, 0.6) is 0 Å². The Kier molecular flexibility index (Phi) is 9.16. The lowest BCUT2D eigenvalue weighted by Crippen LogP contribution is -0.856. The van der Waals surface area contributed by atoms with Crippen molar-refractivity contribution in [3.63, 3.8) is 0 Å². The molecule has 90 valence electrons. The fourth-order valence-corrected chi connectivity index (χ4v) is 0. The first-order valence-corrected chi connectivity index (χ1v) is 7.50. The Morgan fingerprint density at radius 3 is 0.200 bits per heavy atom. The van der Waals surface area contributed by atoms with Crippen LogP contribution in [-0.4, -0.2) is 0 Å². The van der Waals surface area contributed by atoms with Crippen molar-refractivity contribution in [2.45, 2.75) is 96.3 Å². The van der Waals surface area contributed by atoms with Crippen molar-refractivity contribution >= 4 is 0 Å². The maximum atomic E-state index is 1.50. The van der Waals surface area contributed by atoms with Crippen LogP contribution in [0.15, 0.2) is 0 Å². The predicted octanol–water partition coefficient (Wildman–Crippen LogP) is 5.85. The van der Waals surface area contributed by atoms with Gasteiger partial charge in [-0.1, -0.05) is 96.3 Å². The second-order valence-electron chi connectivity index (χ2n) is 5.30. The first-order valence-electron chi connectivity index (χ1n) is 7.50. The first-order chi connectivity index (χ1) is 7.50. The molecule has 5 fully saturated rings. The molecule has 0 amide bonds. The van der Waals surface area contributed by atoms with Crippen LogP contribution in [0.3, 0.4) is 0 Å². The van der Waals surface area contributed by atoms with Gasteiger partial charge in [-0.05, 0) is 0 Å². The predicted molar refractivity (Wildman–Crippen MR) is 69.3 cm³/mol. The minimum atomic E-state index is 1.50. The van der Waals surface area contributed by atoms with Gasteiger partial charge in [0.05, 0.1) is 0 Å². The van der Waals surface area contributed by atoms with Crippen molar-refractivity contribution in [1.82, 2.24) is 0 Å². The molecular weight excluding hydrogens is 180 g/mol. The highest BCUT2D eigenvalue weighted by atomic mass is 14.0. The molecule has 5 rings (SSSR count). The zero-order valence-corrected chi connectivity index (χ0v) is 10.6. The van der Waals surface area contributed by atoms with E-state index in [2.05, 4.69) is 0 Å². The summed E-state index contributed by atoms with van der Waals surface area (Å²) in [6.07, 6.45) is 22.5. The third kappa shape index (κ3) is 80.6. The Morgan fingerprint density at radius 1 is 0.133 bits per heavy atom. The molecule has 0 aromatic carbocycles. The number of hydrogen-bond acceptors (Lipinski definition) is 0. The van der Waals surface area contributed by atoms with Crippen molar-refractivity contribution in [1.29, 1.82) is 0 Å². The molecule has 5 aliphatic carbocycles. The Hall–Kier alpha value is 0. The van der Waals surface area contributed by atoms with Gasteiger partial charge in [0.25, 0.3) is 0 Å². The van der Waals surface area contributed by atoms with Crippen molar-refractivity contribution in [2.75, 3.05) is 0 Å². The quantitative estimate of drug-likeness (QED) is 0.470. The molecule has 0 radical (unpaired) electrons. The van der Waals surface area contributed by atoms with E-state index in [0.717, 1.165) is 0 Å². The summed E-state index contributed by atoms with van der Waals surface area (Å²) in [7, 11) is 0. The summed E-state index contributed by atoms with van der Waals surface area (Å²) in [5, 5.41) is 0. The molecule has 0 spiro atoms. The third-order valence-electron chi connectivity index (χ3n) is 1.77. The molecule has 0 aromatic heterocycles. The first kappa shape index (κ1) is 13.1. The summed E-state index contributed by atoms with van der Waals surface area (Å²) in [4.78, 5) is 0. The Labute approximate surface area is 96.8 Å². The van der Waals surface area contributed by atoms with Gasteiger partial charge < -0.3 is 0 Å². The van der Waals surface area contributed by atoms with Gasteiger partial charge in [-0.2, -0.15) is 0 Å². The van der Waals surface area contributed by atoms with Crippen LogP contribution >= 0.6 is 0 Å². The maximum absolute atomic E-state index is 1.50. The summed E-state index contributed by atoms with van der Waals surface area (Å²) < 4.78 is 0. The summed E-state index contributed by atoms with van der Waals surface area (Å²) in [5.74, 6) is 0. The second-order valence-corrected chi connectivity index (χ2v) is 5.30. The molecule has 0 N–H and O–H groups in total. The summed E-state index contributed by atoms with van der Waals surface area (Å²) >= 11 is 0. The highest BCUT2D eigenvalue weighted by Gasteiger charge is 1.96. The van der Waals surface area contributed by atoms with Gasteiger partial charge >= 0.3 is 0 Å². The zero-order chi connectivity index (χ0) is 10.6. The van der Waals surface area contributed by atoms with E-state index in [0.29, 0.717) is 0 Å². The van der Waals surface area contributed by atoms with Crippen LogP contribution in [0, 0.1) is 0 Å². The van der Waals surface area contributed by atoms with Crippen molar-refractivity contribution in [3.05, 3.63) is 0 Å². The average molecular weight is 210 g/mol. The second kappa shape index (κ2) is 10.5. The smallest absolute Gasteiger partial charge is 0.0533 e. The fourth-order valence-electron chi connectivity index (χ4n) is 0.